The highest BCUT2D eigenvalue weighted by Gasteiger charge is 2.13. The normalized spacial score (nSPS) is 18.1. The lowest BCUT2D eigenvalue weighted by atomic mass is 10.1. The maximum Gasteiger partial charge on any atom is 0.251 e. The van der Waals surface area contributed by atoms with Crippen LogP contribution in [0.3, 0.4) is 0 Å². The molecule has 2 heterocycles. The second-order valence-corrected chi connectivity index (χ2v) is 6.06. The molecule has 0 atom stereocenters. The van der Waals surface area contributed by atoms with Gasteiger partial charge in [0.1, 0.15) is 0 Å². The lowest BCUT2D eigenvalue weighted by Crippen LogP contribution is -2.33. The molecule has 4 heteroatoms. The van der Waals surface area contributed by atoms with E-state index >= 15 is 0 Å². The van der Waals surface area contributed by atoms with E-state index in [1.807, 2.05) is 12.1 Å². The van der Waals surface area contributed by atoms with Crippen LogP contribution < -0.4 is 10.6 Å². The van der Waals surface area contributed by atoms with Crippen molar-refractivity contribution in [3.8, 4) is 0 Å². The predicted molar refractivity (Wildman–Crippen MR) is 85.9 cm³/mol. The average molecular weight is 287 g/mol. The van der Waals surface area contributed by atoms with Crippen molar-refractivity contribution in [3.05, 3.63) is 29.3 Å². The number of nitrogens with one attached hydrogen (secondary N) is 2. The molecule has 1 fully saturated rings. The van der Waals surface area contributed by atoms with Gasteiger partial charge in [-0.15, -0.1) is 0 Å². The van der Waals surface area contributed by atoms with Crippen LogP contribution in [-0.4, -0.2) is 43.5 Å². The van der Waals surface area contributed by atoms with Crippen molar-refractivity contribution in [2.75, 3.05) is 38.0 Å². The minimum atomic E-state index is 0.0464. The number of carbonyl (C=O) groups excluding carboxylic acids is 1. The summed E-state index contributed by atoms with van der Waals surface area (Å²) in [6.45, 7) is 5.30. The first kappa shape index (κ1) is 14.4. The molecule has 0 aliphatic carbocycles. The van der Waals surface area contributed by atoms with Crippen molar-refractivity contribution in [1.29, 1.82) is 0 Å². The number of hydrogen-bond acceptors (Lipinski definition) is 3. The van der Waals surface area contributed by atoms with Crippen LogP contribution in [0.5, 0.6) is 0 Å². The Kier molecular flexibility index (Phi) is 4.76. The van der Waals surface area contributed by atoms with E-state index in [1.54, 1.807) is 0 Å². The Balaban J connectivity index is 1.41. The van der Waals surface area contributed by atoms with E-state index < -0.39 is 0 Å². The lowest BCUT2D eigenvalue weighted by Gasteiger charge is -2.26. The summed E-state index contributed by atoms with van der Waals surface area (Å²) in [7, 11) is 0. The zero-order valence-corrected chi connectivity index (χ0v) is 12.7. The van der Waals surface area contributed by atoms with Crippen LogP contribution in [0.1, 0.15) is 41.6 Å². The number of benzene rings is 1. The van der Waals surface area contributed by atoms with Gasteiger partial charge in [0.2, 0.25) is 0 Å². The number of piperidine rings is 1. The number of rotatable bonds is 5. The monoisotopic (exact) mass is 287 g/mol. The summed E-state index contributed by atoms with van der Waals surface area (Å²) in [5, 5.41) is 6.36. The van der Waals surface area contributed by atoms with Gasteiger partial charge in [0, 0.05) is 24.3 Å². The average Bonchev–Trinajstić information content (AvgIpc) is 3.00. The first-order valence-corrected chi connectivity index (χ1v) is 8.20. The van der Waals surface area contributed by atoms with Crippen molar-refractivity contribution in [3.63, 3.8) is 0 Å². The van der Waals surface area contributed by atoms with Gasteiger partial charge >= 0.3 is 0 Å². The summed E-state index contributed by atoms with van der Waals surface area (Å²) >= 11 is 0. The Morgan fingerprint density at radius 3 is 2.95 bits per heavy atom. The van der Waals surface area contributed by atoms with Gasteiger partial charge in [-0.25, -0.2) is 0 Å². The van der Waals surface area contributed by atoms with Crippen LogP contribution in [0.15, 0.2) is 18.2 Å². The number of hydrogen-bond donors (Lipinski definition) is 2. The van der Waals surface area contributed by atoms with Crippen molar-refractivity contribution in [1.82, 2.24) is 10.2 Å². The molecule has 0 aromatic heterocycles. The zero-order valence-electron chi connectivity index (χ0n) is 12.7. The van der Waals surface area contributed by atoms with Gasteiger partial charge in [-0.3, -0.25) is 4.79 Å². The molecule has 2 aliphatic heterocycles. The molecule has 3 rings (SSSR count). The second kappa shape index (κ2) is 6.94. The highest BCUT2D eigenvalue weighted by atomic mass is 16.1. The number of fused-ring (bicyclic) bond motifs is 1. The number of amides is 1. The fraction of sp³-hybridized carbons (Fsp3) is 0.588. The molecule has 1 amide bonds. The standard InChI is InChI=1S/C17H25N3O/c21-17(15-6-5-14-7-9-18-16(14)13-15)19-8-4-12-20-10-2-1-3-11-20/h5-6,13,18H,1-4,7-12H2,(H,19,21). The van der Waals surface area contributed by atoms with Crippen LogP contribution in [0.2, 0.25) is 0 Å². The topological polar surface area (TPSA) is 44.4 Å². The number of nitrogens with zero attached hydrogens (tertiary/aromatic N) is 1. The third-order valence-corrected chi connectivity index (χ3v) is 4.47. The van der Waals surface area contributed by atoms with Crippen LogP contribution >= 0.6 is 0 Å². The Hall–Kier alpha value is -1.55. The minimum Gasteiger partial charge on any atom is -0.384 e. The Morgan fingerprint density at radius 1 is 1.24 bits per heavy atom. The molecule has 0 saturated carbocycles. The molecule has 2 N–H and O–H groups in total. The highest BCUT2D eigenvalue weighted by Crippen LogP contribution is 2.23. The third kappa shape index (κ3) is 3.76. The molecule has 4 nitrogen and oxygen atoms in total. The molecule has 0 bridgehead atoms. The SMILES string of the molecule is O=C(NCCCN1CCCCC1)c1ccc2c(c1)NCC2. The Labute approximate surface area is 126 Å². The summed E-state index contributed by atoms with van der Waals surface area (Å²) in [4.78, 5) is 14.7. The van der Waals surface area contributed by atoms with Crippen molar-refractivity contribution in [2.24, 2.45) is 0 Å². The van der Waals surface area contributed by atoms with E-state index in [2.05, 4.69) is 21.6 Å². The molecule has 1 saturated heterocycles. The summed E-state index contributed by atoms with van der Waals surface area (Å²) in [6, 6.07) is 5.98. The molecule has 0 radical (unpaired) electrons. The van der Waals surface area contributed by atoms with Gasteiger partial charge in [-0.05, 0) is 63.0 Å². The smallest absolute Gasteiger partial charge is 0.251 e. The summed E-state index contributed by atoms with van der Waals surface area (Å²) < 4.78 is 0. The van der Waals surface area contributed by atoms with Crippen LogP contribution in [0.25, 0.3) is 0 Å². The molecule has 114 valence electrons. The summed E-state index contributed by atoms with van der Waals surface area (Å²) in [5.41, 5.74) is 3.20. The second-order valence-electron chi connectivity index (χ2n) is 6.06. The van der Waals surface area contributed by atoms with Gasteiger partial charge in [0.25, 0.3) is 5.91 Å². The van der Waals surface area contributed by atoms with Gasteiger partial charge < -0.3 is 15.5 Å². The van der Waals surface area contributed by atoms with E-state index in [-0.39, 0.29) is 5.91 Å². The summed E-state index contributed by atoms with van der Waals surface area (Å²) in [6.07, 6.45) is 6.13. The van der Waals surface area contributed by atoms with Crippen molar-refractivity contribution >= 4 is 11.6 Å². The largest absolute Gasteiger partial charge is 0.384 e. The van der Waals surface area contributed by atoms with Crippen molar-refractivity contribution < 1.29 is 4.79 Å². The van der Waals surface area contributed by atoms with E-state index in [1.165, 1.54) is 37.9 Å². The van der Waals surface area contributed by atoms with E-state index in [4.69, 9.17) is 0 Å². The molecule has 2 aliphatic rings. The van der Waals surface area contributed by atoms with Crippen LogP contribution in [0.4, 0.5) is 5.69 Å². The molecular formula is C17H25N3O. The fourth-order valence-corrected chi connectivity index (χ4v) is 3.22. The van der Waals surface area contributed by atoms with Gasteiger partial charge in [-0.2, -0.15) is 0 Å². The van der Waals surface area contributed by atoms with E-state index in [9.17, 15) is 4.79 Å². The van der Waals surface area contributed by atoms with Gasteiger partial charge in [0.15, 0.2) is 0 Å². The molecule has 1 aromatic carbocycles. The highest BCUT2D eigenvalue weighted by molar-refractivity contribution is 5.95. The Morgan fingerprint density at radius 2 is 2.10 bits per heavy atom. The van der Waals surface area contributed by atoms with Crippen molar-refractivity contribution in [2.45, 2.75) is 32.1 Å². The molecule has 1 aromatic rings. The van der Waals surface area contributed by atoms with Gasteiger partial charge in [-0.1, -0.05) is 12.5 Å². The lowest BCUT2D eigenvalue weighted by molar-refractivity contribution is 0.0951. The first-order chi connectivity index (χ1) is 10.3. The molecular weight excluding hydrogens is 262 g/mol. The Bertz CT molecular complexity index is 495. The number of likely N-dealkylation sites (tertiary alicyclic amines) is 1. The molecule has 0 unspecified atom stereocenters. The van der Waals surface area contributed by atoms with Crippen LogP contribution in [-0.2, 0) is 6.42 Å². The number of carbonyl (C=O) groups is 1. The minimum absolute atomic E-state index is 0.0464. The predicted octanol–water partition coefficient (Wildman–Crippen LogP) is 2.26. The maximum absolute atomic E-state index is 12.1. The quantitative estimate of drug-likeness (QED) is 0.817. The maximum atomic E-state index is 12.1. The first-order valence-electron chi connectivity index (χ1n) is 8.20. The zero-order chi connectivity index (χ0) is 14.5. The molecule has 21 heavy (non-hydrogen) atoms. The fourth-order valence-electron chi connectivity index (χ4n) is 3.22. The van der Waals surface area contributed by atoms with E-state index in [0.717, 1.165) is 43.7 Å². The van der Waals surface area contributed by atoms with Crippen LogP contribution in [0, 0.1) is 0 Å². The summed E-state index contributed by atoms with van der Waals surface area (Å²) in [5.74, 6) is 0.0464. The van der Waals surface area contributed by atoms with Gasteiger partial charge in [0.05, 0.1) is 0 Å². The number of anilines is 1. The van der Waals surface area contributed by atoms with E-state index in [0.29, 0.717) is 0 Å². The molecule has 0 spiro atoms. The third-order valence-electron chi connectivity index (χ3n) is 4.47.